The van der Waals surface area contributed by atoms with Gasteiger partial charge in [0.2, 0.25) is 5.91 Å². The summed E-state index contributed by atoms with van der Waals surface area (Å²) in [6.07, 6.45) is -1.77. The van der Waals surface area contributed by atoms with Crippen LogP contribution < -0.4 is 26.3 Å². The zero-order valence-corrected chi connectivity index (χ0v) is 30.2. The molecule has 4 amide bonds. The molecule has 0 saturated carbocycles. The zero-order valence-electron chi connectivity index (χ0n) is 30.2. The topological polar surface area (TPSA) is 162 Å². The van der Waals surface area contributed by atoms with Crippen LogP contribution in [-0.2, 0) is 32.0 Å². The van der Waals surface area contributed by atoms with E-state index in [2.05, 4.69) is 40.1 Å². The van der Waals surface area contributed by atoms with E-state index in [1.165, 1.54) is 14.2 Å². The van der Waals surface area contributed by atoms with Gasteiger partial charge in [0.15, 0.2) is 0 Å². The number of aliphatic hydroxyl groups excluding tert-OH is 1. The van der Waals surface area contributed by atoms with E-state index >= 15 is 0 Å². The van der Waals surface area contributed by atoms with Gasteiger partial charge in [0, 0.05) is 31.9 Å². The number of hydrogen-bond acceptors (Lipinski definition) is 9. The Labute approximate surface area is 291 Å². The molecule has 0 spiro atoms. The summed E-state index contributed by atoms with van der Waals surface area (Å²) in [6.45, 7) is 13.4. The molecule has 0 aliphatic carbocycles. The molecule has 13 heteroatoms. The standard InChI is InChI=1S/C36H56N6O7/c1-9-25(6)32(39-36(47)49-8)34(45)40-42(22-27-17-19-28(20-18-27)41(10-2)11-3)23-30(43)29(21-26-15-13-12-14-16-26)37-33(44)31(24(4)5)38-35(46)48-7/h12-20,24-25,29-32,43H,9-11,21-23H2,1-8H3,(H,37,44)(H,38,46)(H,39,47)(H,40,45)/t25-,29-,30-,31-,32-/m0/s1. The lowest BCUT2D eigenvalue weighted by Gasteiger charge is -2.33. The van der Waals surface area contributed by atoms with Gasteiger partial charge in [-0.1, -0.05) is 76.6 Å². The highest BCUT2D eigenvalue weighted by Crippen LogP contribution is 2.17. The summed E-state index contributed by atoms with van der Waals surface area (Å²) in [4.78, 5) is 53.6. The van der Waals surface area contributed by atoms with Crippen molar-refractivity contribution in [2.45, 2.75) is 85.2 Å². The van der Waals surface area contributed by atoms with E-state index in [1.807, 2.05) is 68.4 Å². The molecule has 0 radical (unpaired) electrons. The smallest absolute Gasteiger partial charge is 0.407 e. The Bertz CT molecular complexity index is 1310. The van der Waals surface area contributed by atoms with E-state index in [4.69, 9.17) is 9.47 Å². The van der Waals surface area contributed by atoms with Crippen molar-refractivity contribution in [3.8, 4) is 0 Å². The summed E-state index contributed by atoms with van der Waals surface area (Å²) >= 11 is 0. The van der Waals surface area contributed by atoms with Crippen LogP contribution in [0.2, 0.25) is 0 Å². The molecule has 0 aliphatic rings. The molecule has 2 rings (SSSR count). The van der Waals surface area contributed by atoms with E-state index in [0.717, 1.165) is 29.9 Å². The number of benzene rings is 2. The molecule has 0 aromatic heterocycles. The number of alkyl carbamates (subject to hydrolysis) is 2. The second kappa shape index (κ2) is 20.9. The second-order valence-corrected chi connectivity index (χ2v) is 12.4. The van der Waals surface area contributed by atoms with Crippen LogP contribution in [0.4, 0.5) is 15.3 Å². The van der Waals surface area contributed by atoms with Crippen LogP contribution in [0.5, 0.6) is 0 Å². The van der Waals surface area contributed by atoms with Crippen molar-refractivity contribution in [3.05, 3.63) is 65.7 Å². The molecular weight excluding hydrogens is 628 g/mol. The maximum Gasteiger partial charge on any atom is 0.407 e. The molecule has 13 nitrogen and oxygen atoms in total. The molecule has 0 heterocycles. The number of ether oxygens (including phenoxy) is 2. The Balaban J connectivity index is 2.45. The van der Waals surface area contributed by atoms with Crippen molar-refractivity contribution in [1.82, 2.24) is 26.4 Å². The normalized spacial score (nSPS) is 14.2. The Kier molecular flexibility index (Phi) is 17.4. The third-order valence-corrected chi connectivity index (χ3v) is 8.57. The number of anilines is 1. The highest BCUT2D eigenvalue weighted by Gasteiger charge is 2.32. The van der Waals surface area contributed by atoms with E-state index in [0.29, 0.717) is 6.42 Å². The third kappa shape index (κ3) is 13.2. The number of carbonyl (C=O) groups excluding carboxylic acids is 4. The van der Waals surface area contributed by atoms with Crippen molar-refractivity contribution >= 4 is 29.7 Å². The Morgan fingerprint density at radius 2 is 1.33 bits per heavy atom. The van der Waals surface area contributed by atoms with Gasteiger partial charge >= 0.3 is 12.2 Å². The molecular formula is C36H56N6O7. The van der Waals surface area contributed by atoms with Gasteiger partial charge in [0.1, 0.15) is 12.1 Å². The van der Waals surface area contributed by atoms with E-state index in [-0.39, 0.29) is 31.3 Å². The second-order valence-electron chi connectivity index (χ2n) is 12.4. The lowest BCUT2D eigenvalue weighted by Crippen LogP contribution is -2.59. The number of methoxy groups -OCH3 is 2. The summed E-state index contributed by atoms with van der Waals surface area (Å²) < 4.78 is 9.49. The Morgan fingerprint density at radius 1 is 0.755 bits per heavy atom. The lowest BCUT2D eigenvalue weighted by atomic mass is 9.98. The minimum Gasteiger partial charge on any atom is -0.453 e. The van der Waals surface area contributed by atoms with E-state index in [1.54, 1.807) is 18.9 Å². The fourth-order valence-electron chi connectivity index (χ4n) is 5.38. The quantitative estimate of drug-likeness (QED) is 0.139. The van der Waals surface area contributed by atoms with Gasteiger partial charge < -0.3 is 35.4 Å². The minimum absolute atomic E-state index is 0.0798. The summed E-state index contributed by atoms with van der Waals surface area (Å²) in [5.74, 6) is -1.46. The number of amides is 4. The fourth-order valence-corrected chi connectivity index (χ4v) is 5.38. The number of hydrogen-bond donors (Lipinski definition) is 5. The molecule has 2 aromatic rings. The zero-order chi connectivity index (χ0) is 36.5. The molecule has 2 aromatic carbocycles. The monoisotopic (exact) mass is 684 g/mol. The van der Waals surface area contributed by atoms with Gasteiger partial charge in [0.05, 0.1) is 26.4 Å². The SMILES string of the molecule is CC[C@H](C)[C@H](NC(=O)OC)C(=O)NN(Cc1ccc(N(CC)CC)cc1)C[C@H](O)[C@H](Cc1ccccc1)NC(=O)[C@@H](NC(=O)OC)C(C)C. The van der Waals surface area contributed by atoms with Crippen molar-refractivity contribution in [2.75, 3.05) is 38.8 Å². The van der Waals surface area contributed by atoms with Crippen LogP contribution in [0.1, 0.15) is 59.1 Å². The first kappa shape index (κ1) is 40.8. The number of carbonyl (C=O) groups is 4. The number of rotatable bonds is 19. The van der Waals surface area contributed by atoms with Gasteiger partial charge in [-0.05, 0) is 55.4 Å². The molecule has 0 fully saturated rings. The number of hydrazine groups is 1. The van der Waals surface area contributed by atoms with Crippen molar-refractivity contribution in [1.29, 1.82) is 0 Å². The Morgan fingerprint density at radius 3 is 1.84 bits per heavy atom. The highest BCUT2D eigenvalue weighted by atomic mass is 16.5. The maximum absolute atomic E-state index is 13.7. The first-order valence-corrected chi connectivity index (χ1v) is 17.0. The number of aliphatic hydroxyl groups is 1. The van der Waals surface area contributed by atoms with Crippen LogP contribution in [-0.4, -0.2) is 92.2 Å². The van der Waals surface area contributed by atoms with Crippen molar-refractivity contribution in [2.24, 2.45) is 11.8 Å². The molecule has 5 atom stereocenters. The minimum atomic E-state index is -1.18. The van der Waals surface area contributed by atoms with Gasteiger partial charge in [-0.2, -0.15) is 0 Å². The van der Waals surface area contributed by atoms with Gasteiger partial charge in [-0.3, -0.25) is 15.0 Å². The van der Waals surface area contributed by atoms with Crippen molar-refractivity contribution < 1.29 is 33.8 Å². The number of nitrogens with zero attached hydrogens (tertiary/aromatic N) is 2. The summed E-state index contributed by atoms with van der Waals surface area (Å²) in [6, 6.07) is 14.7. The largest absolute Gasteiger partial charge is 0.453 e. The van der Waals surface area contributed by atoms with Gasteiger partial charge in [-0.25, -0.2) is 14.6 Å². The van der Waals surface area contributed by atoms with Crippen molar-refractivity contribution in [3.63, 3.8) is 0 Å². The predicted octanol–water partition coefficient (Wildman–Crippen LogP) is 3.61. The first-order chi connectivity index (χ1) is 23.4. The fraction of sp³-hybridized carbons (Fsp3) is 0.556. The molecule has 0 unspecified atom stereocenters. The Hall–Kier alpha value is -4.36. The molecule has 272 valence electrons. The average Bonchev–Trinajstić information content (AvgIpc) is 3.09. The maximum atomic E-state index is 13.7. The molecule has 0 aliphatic heterocycles. The highest BCUT2D eigenvalue weighted by molar-refractivity contribution is 5.86. The molecule has 0 saturated heterocycles. The molecule has 5 N–H and O–H groups in total. The van der Waals surface area contributed by atoms with Crippen LogP contribution in [0.15, 0.2) is 54.6 Å². The van der Waals surface area contributed by atoms with Crippen LogP contribution in [0.25, 0.3) is 0 Å². The van der Waals surface area contributed by atoms with Gasteiger partial charge in [0.25, 0.3) is 5.91 Å². The van der Waals surface area contributed by atoms with Gasteiger partial charge in [-0.15, -0.1) is 0 Å². The lowest BCUT2D eigenvalue weighted by molar-refractivity contribution is -0.131. The summed E-state index contributed by atoms with van der Waals surface area (Å²) in [7, 11) is 2.45. The third-order valence-electron chi connectivity index (χ3n) is 8.57. The summed E-state index contributed by atoms with van der Waals surface area (Å²) in [5, 5.41) is 21.5. The average molecular weight is 685 g/mol. The van der Waals surface area contributed by atoms with E-state index < -0.39 is 48.2 Å². The molecule has 49 heavy (non-hydrogen) atoms. The summed E-state index contributed by atoms with van der Waals surface area (Å²) in [5.41, 5.74) is 5.72. The number of nitrogens with one attached hydrogen (secondary N) is 4. The first-order valence-electron chi connectivity index (χ1n) is 17.0. The van der Waals surface area contributed by atoms with Crippen LogP contribution in [0.3, 0.4) is 0 Å². The predicted molar refractivity (Wildman–Crippen MR) is 190 cm³/mol. The van der Waals surface area contributed by atoms with Crippen LogP contribution >= 0.6 is 0 Å². The molecule has 0 bridgehead atoms. The van der Waals surface area contributed by atoms with E-state index in [9.17, 15) is 24.3 Å². The van der Waals surface area contributed by atoms with Crippen LogP contribution in [0, 0.1) is 11.8 Å².